The molecule has 106 valence electrons. The molecule has 0 aliphatic heterocycles. The van der Waals surface area contributed by atoms with Crippen LogP contribution in [-0.2, 0) is 11.2 Å². The summed E-state index contributed by atoms with van der Waals surface area (Å²) in [4.78, 5) is 27.3. The highest BCUT2D eigenvalue weighted by Crippen LogP contribution is 2.25. The topological polar surface area (TPSA) is 98.2 Å². The van der Waals surface area contributed by atoms with Crippen molar-refractivity contribution in [2.45, 2.75) is 32.7 Å². The summed E-state index contributed by atoms with van der Waals surface area (Å²) in [5.41, 5.74) is 6.53. The predicted molar refractivity (Wildman–Crippen MR) is 74.6 cm³/mol. The SMILES string of the molecule is CCCc1nc2cccc(C(=O)O)c2n1C(C)C(N)=O. The normalized spacial score (nSPS) is 12.5. The summed E-state index contributed by atoms with van der Waals surface area (Å²) in [6.07, 6.45) is 1.50. The zero-order valence-electron chi connectivity index (χ0n) is 11.5. The molecule has 3 N–H and O–H groups in total. The average molecular weight is 275 g/mol. The Kier molecular flexibility index (Phi) is 3.74. The van der Waals surface area contributed by atoms with Crippen LogP contribution >= 0.6 is 0 Å². The van der Waals surface area contributed by atoms with Crippen molar-refractivity contribution in [1.29, 1.82) is 0 Å². The van der Waals surface area contributed by atoms with E-state index in [4.69, 9.17) is 5.73 Å². The number of para-hydroxylation sites is 1. The number of carbonyl (C=O) groups is 2. The number of aromatic nitrogens is 2. The summed E-state index contributed by atoms with van der Waals surface area (Å²) >= 11 is 0. The van der Waals surface area contributed by atoms with Gasteiger partial charge in [0.05, 0.1) is 16.6 Å². The molecule has 0 fully saturated rings. The summed E-state index contributed by atoms with van der Waals surface area (Å²) in [6.45, 7) is 3.65. The van der Waals surface area contributed by atoms with Crippen LogP contribution in [0, 0.1) is 0 Å². The van der Waals surface area contributed by atoms with E-state index in [0.29, 0.717) is 23.3 Å². The standard InChI is InChI=1S/C14H17N3O3/c1-3-5-11-16-10-7-4-6-9(14(19)20)12(10)17(11)8(2)13(15)18/h4,6-8H,3,5H2,1-2H3,(H2,15,18)(H,19,20). The molecule has 1 amide bonds. The van der Waals surface area contributed by atoms with E-state index in [9.17, 15) is 14.7 Å². The van der Waals surface area contributed by atoms with Gasteiger partial charge in [-0.15, -0.1) is 0 Å². The second kappa shape index (κ2) is 5.32. The predicted octanol–water partition coefficient (Wildman–Crippen LogP) is 1.73. The number of nitrogens with two attached hydrogens (primary N) is 1. The highest BCUT2D eigenvalue weighted by atomic mass is 16.4. The van der Waals surface area contributed by atoms with E-state index >= 15 is 0 Å². The van der Waals surface area contributed by atoms with Gasteiger partial charge < -0.3 is 15.4 Å². The van der Waals surface area contributed by atoms with Crippen LogP contribution < -0.4 is 5.73 Å². The number of hydrogen-bond acceptors (Lipinski definition) is 3. The molecule has 6 nitrogen and oxygen atoms in total. The Balaban J connectivity index is 2.81. The first kappa shape index (κ1) is 14.0. The number of aromatic carboxylic acids is 1. The van der Waals surface area contributed by atoms with E-state index in [2.05, 4.69) is 4.98 Å². The van der Waals surface area contributed by atoms with Crippen molar-refractivity contribution in [3.63, 3.8) is 0 Å². The molecule has 2 aromatic rings. The molecule has 1 aromatic heterocycles. The van der Waals surface area contributed by atoms with Gasteiger partial charge in [-0.1, -0.05) is 13.0 Å². The van der Waals surface area contributed by atoms with Crippen LogP contribution in [0.1, 0.15) is 42.5 Å². The summed E-state index contributed by atoms with van der Waals surface area (Å²) in [6, 6.07) is 4.26. The number of hydrogen-bond donors (Lipinski definition) is 2. The number of nitrogens with zero attached hydrogens (tertiary/aromatic N) is 2. The molecule has 2 rings (SSSR count). The average Bonchev–Trinajstić information content (AvgIpc) is 2.75. The first-order valence-corrected chi connectivity index (χ1v) is 6.49. The Morgan fingerprint density at radius 1 is 1.45 bits per heavy atom. The lowest BCUT2D eigenvalue weighted by atomic mass is 10.1. The molecule has 20 heavy (non-hydrogen) atoms. The number of benzene rings is 1. The Bertz CT molecular complexity index is 676. The van der Waals surface area contributed by atoms with Crippen molar-refractivity contribution in [2.24, 2.45) is 5.73 Å². The highest BCUT2D eigenvalue weighted by Gasteiger charge is 2.22. The number of imidazole rings is 1. The van der Waals surface area contributed by atoms with Crippen LogP contribution in [0.25, 0.3) is 11.0 Å². The van der Waals surface area contributed by atoms with Crippen molar-refractivity contribution in [1.82, 2.24) is 9.55 Å². The number of fused-ring (bicyclic) bond motifs is 1. The Hall–Kier alpha value is -2.37. The van der Waals surface area contributed by atoms with E-state index in [1.54, 1.807) is 23.6 Å². The van der Waals surface area contributed by atoms with E-state index in [1.807, 2.05) is 6.92 Å². The van der Waals surface area contributed by atoms with E-state index in [-0.39, 0.29) is 5.56 Å². The van der Waals surface area contributed by atoms with Crippen LogP contribution in [0.4, 0.5) is 0 Å². The molecule has 1 heterocycles. The fourth-order valence-electron chi connectivity index (χ4n) is 2.31. The smallest absolute Gasteiger partial charge is 0.337 e. The van der Waals surface area contributed by atoms with Gasteiger partial charge in [0, 0.05) is 6.42 Å². The van der Waals surface area contributed by atoms with Crippen LogP contribution in [0.2, 0.25) is 0 Å². The number of carbonyl (C=O) groups excluding carboxylic acids is 1. The fraction of sp³-hybridized carbons (Fsp3) is 0.357. The Morgan fingerprint density at radius 3 is 2.70 bits per heavy atom. The zero-order valence-corrected chi connectivity index (χ0v) is 11.5. The number of amides is 1. The van der Waals surface area contributed by atoms with Crippen molar-refractivity contribution in [3.8, 4) is 0 Å². The van der Waals surface area contributed by atoms with Crippen molar-refractivity contribution < 1.29 is 14.7 Å². The monoisotopic (exact) mass is 275 g/mol. The van der Waals surface area contributed by atoms with Crippen LogP contribution in [0.5, 0.6) is 0 Å². The maximum atomic E-state index is 11.5. The number of carboxylic acid groups (broad SMARTS) is 1. The highest BCUT2D eigenvalue weighted by molar-refractivity contribution is 6.01. The van der Waals surface area contributed by atoms with Gasteiger partial charge in [0.25, 0.3) is 0 Å². The molecule has 6 heteroatoms. The summed E-state index contributed by atoms with van der Waals surface area (Å²) in [5.74, 6) is -0.874. The molecule has 0 radical (unpaired) electrons. The van der Waals surface area contributed by atoms with Gasteiger partial charge in [-0.25, -0.2) is 9.78 Å². The maximum Gasteiger partial charge on any atom is 0.337 e. The molecule has 0 saturated carbocycles. The Labute approximate surface area is 116 Å². The quantitative estimate of drug-likeness (QED) is 0.868. The third-order valence-corrected chi connectivity index (χ3v) is 3.29. The lowest BCUT2D eigenvalue weighted by Crippen LogP contribution is -2.25. The lowest BCUT2D eigenvalue weighted by Gasteiger charge is -2.15. The molecule has 0 aliphatic carbocycles. The first-order valence-electron chi connectivity index (χ1n) is 6.49. The molecule has 0 aliphatic rings. The summed E-state index contributed by atoms with van der Waals surface area (Å²) in [5, 5.41) is 9.31. The van der Waals surface area contributed by atoms with Crippen LogP contribution in [0.3, 0.4) is 0 Å². The fourth-order valence-corrected chi connectivity index (χ4v) is 2.31. The first-order chi connectivity index (χ1) is 9.47. The minimum Gasteiger partial charge on any atom is -0.478 e. The third kappa shape index (κ3) is 2.24. The Morgan fingerprint density at radius 2 is 2.15 bits per heavy atom. The largest absolute Gasteiger partial charge is 0.478 e. The van der Waals surface area contributed by atoms with E-state index in [0.717, 1.165) is 6.42 Å². The lowest BCUT2D eigenvalue weighted by molar-refractivity contribution is -0.120. The molecule has 0 spiro atoms. The summed E-state index contributed by atoms with van der Waals surface area (Å²) < 4.78 is 1.64. The van der Waals surface area contributed by atoms with Crippen molar-refractivity contribution >= 4 is 22.9 Å². The van der Waals surface area contributed by atoms with Gasteiger partial charge in [0.2, 0.25) is 5.91 Å². The van der Waals surface area contributed by atoms with E-state index < -0.39 is 17.9 Å². The number of carboxylic acids is 1. The molecular formula is C14H17N3O3. The molecule has 0 bridgehead atoms. The second-order valence-electron chi connectivity index (χ2n) is 4.70. The third-order valence-electron chi connectivity index (χ3n) is 3.29. The molecule has 1 atom stereocenters. The minimum absolute atomic E-state index is 0.130. The second-order valence-corrected chi connectivity index (χ2v) is 4.70. The van der Waals surface area contributed by atoms with Crippen molar-refractivity contribution in [3.05, 3.63) is 29.6 Å². The van der Waals surface area contributed by atoms with Gasteiger partial charge in [-0.2, -0.15) is 0 Å². The van der Waals surface area contributed by atoms with Crippen molar-refractivity contribution in [2.75, 3.05) is 0 Å². The molecule has 1 aromatic carbocycles. The molecular weight excluding hydrogens is 258 g/mol. The molecule has 0 saturated heterocycles. The van der Waals surface area contributed by atoms with Gasteiger partial charge in [-0.3, -0.25) is 4.79 Å². The number of primary amides is 1. The van der Waals surface area contributed by atoms with E-state index in [1.165, 1.54) is 6.07 Å². The van der Waals surface area contributed by atoms with Gasteiger partial charge >= 0.3 is 5.97 Å². The minimum atomic E-state index is -1.04. The maximum absolute atomic E-state index is 11.5. The zero-order chi connectivity index (χ0) is 14.9. The van der Waals surface area contributed by atoms with Crippen LogP contribution in [0.15, 0.2) is 18.2 Å². The summed E-state index contributed by atoms with van der Waals surface area (Å²) in [7, 11) is 0. The number of aryl methyl sites for hydroxylation is 1. The van der Waals surface area contributed by atoms with Gasteiger partial charge in [0.1, 0.15) is 11.9 Å². The van der Waals surface area contributed by atoms with Crippen LogP contribution in [-0.4, -0.2) is 26.5 Å². The van der Waals surface area contributed by atoms with Gasteiger partial charge in [0.15, 0.2) is 0 Å². The number of rotatable bonds is 5. The molecule has 1 unspecified atom stereocenters. The van der Waals surface area contributed by atoms with Gasteiger partial charge in [-0.05, 0) is 25.5 Å².